The van der Waals surface area contributed by atoms with Gasteiger partial charge in [0.15, 0.2) is 11.5 Å². The lowest BCUT2D eigenvalue weighted by molar-refractivity contribution is -0.141. The average molecular weight is 472 g/mol. The smallest absolute Gasteiger partial charge is 0.355 e. The SMILES string of the molecule is CNC(=O)c1cc(Cl)cc(Cl)c1NC(=O)c1cc(C(F)(F)F)nn1-c1ncccc1C. The standard InChI is InChI=1S/C19H14Cl2F3N5O2/c1-9-4-3-5-26-16(9)29-13(8-14(28-29)19(22,23)24)18(31)27-15-11(17(30)25-2)6-10(20)7-12(15)21/h3-8H,1-2H3,(H,25,30)(H,27,31). The number of pyridine rings is 1. The van der Waals surface area contributed by atoms with Crippen molar-refractivity contribution >= 4 is 40.7 Å². The molecule has 3 rings (SSSR count). The van der Waals surface area contributed by atoms with Gasteiger partial charge in [-0.15, -0.1) is 0 Å². The van der Waals surface area contributed by atoms with Crippen LogP contribution in [0.1, 0.15) is 32.1 Å². The molecule has 7 nitrogen and oxygen atoms in total. The van der Waals surface area contributed by atoms with Crippen molar-refractivity contribution in [3.63, 3.8) is 0 Å². The van der Waals surface area contributed by atoms with Gasteiger partial charge in [-0.1, -0.05) is 29.3 Å². The molecule has 0 saturated heterocycles. The second-order valence-electron chi connectivity index (χ2n) is 6.31. The molecule has 0 radical (unpaired) electrons. The van der Waals surface area contributed by atoms with E-state index in [-0.39, 0.29) is 27.1 Å². The Hall–Kier alpha value is -3.11. The molecule has 0 fully saturated rings. The molecule has 2 aromatic heterocycles. The quantitative estimate of drug-likeness (QED) is 0.585. The maximum atomic E-state index is 13.3. The zero-order chi connectivity index (χ0) is 22.9. The first-order valence-electron chi connectivity index (χ1n) is 8.64. The summed E-state index contributed by atoms with van der Waals surface area (Å²) in [4.78, 5) is 29.2. The highest BCUT2D eigenvalue weighted by molar-refractivity contribution is 6.38. The molecule has 0 saturated carbocycles. The number of aryl methyl sites for hydroxylation is 1. The fraction of sp³-hybridized carbons (Fsp3) is 0.158. The van der Waals surface area contributed by atoms with E-state index in [2.05, 4.69) is 20.7 Å². The van der Waals surface area contributed by atoms with E-state index in [9.17, 15) is 22.8 Å². The number of aromatic nitrogens is 3. The second-order valence-corrected chi connectivity index (χ2v) is 7.16. The van der Waals surface area contributed by atoms with Crippen LogP contribution in [0.3, 0.4) is 0 Å². The first kappa shape index (κ1) is 22.6. The van der Waals surface area contributed by atoms with Gasteiger partial charge in [0.25, 0.3) is 11.8 Å². The van der Waals surface area contributed by atoms with Gasteiger partial charge in [0.1, 0.15) is 5.69 Å². The minimum atomic E-state index is -4.80. The van der Waals surface area contributed by atoms with Crippen LogP contribution < -0.4 is 10.6 Å². The maximum Gasteiger partial charge on any atom is 0.435 e. The Morgan fingerprint density at radius 1 is 1.13 bits per heavy atom. The molecule has 2 heterocycles. The zero-order valence-corrected chi connectivity index (χ0v) is 17.5. The van der Waals surface area contributed by atoms with Crippen molar-refractivity contribution in [3.05, 3.63) is 69.1 Å². The van der Waals surface area contributed by atoms with Crippen LogP contribution in [0, 0.1) is 6.92 Å². The van der Waals surface area contributed by atoms with Gasteiger partial charge in [0.05, 0.1) is 16.3 Å². The lowest BCUT2D eigenvalue weighted by atomic mass is 10.1. The van der Waals surface area contributed by atoms with E-state index >= 15 is 0 Å². The lowest BCUT2D eigenvalue weighted by Gasteiger charge is -2.14. The van der Waals surface area contributed by atoms with Crippen LogP contribution in [0.15, 0.2) is 36.5 Å². The first-order chi connectivity index (χ1) is 14.5. The van der Waals surface area contributed by atoms with Crippen LogP contribution in [-0.2, 0) is 6.18 Å². The molecule has 0 unspecified atom stereocenters. The predicted octanol–water partition coefficient (Wildman–Crippen LogP) is 4.51. The summed E-state index contributed by atoms with van der Waals surface area (Å²) in [5.41, 5.74) is -1.43. The van der Waals surface area contributed by atoms with Crippen LogP contribution in [0.25, 0.3) is 5.82 Å². The maximum absolute atomic E-state index is 13.3. The average Bonchev–Trinajstić information content (AvgIpc) is 3.15. The van der Waals surface area contributed by atoms with Crippen molar-refractivity contribution < 1.29 is 22.8 Å². The van der Waals surface area contributed by atoms with Crippen molar-refractivity contribution in [1.82, 2.24) is 20.1 Å². The molecule has 162 valence electrons. The lowest BCUT2D eigenvalue weighted by Crippen LogP contribution is -2.23. The molecule has 3 aromatic rings. The number of amides is 2. The minimum Gasteiger partial charge on any atom is -0.355 e. The number of nitrogens with zero attached hydrogens (tertiary/aromatic N) is 3. The summed E-state index contributed by atoms with van der Waals surface area (Å²) in [7, 11) is 1.36. The van der Waals surface area contributed by atoms with E-state index in [1.165, 1.54) is 25.4 Å². The number of hydrogen-bond acceptors (Lipinski definition) is 4. The molecule has 2 amide bonds. The minimum absolute atomic E-state index is 0.0388. The number of rotatable bonds is 4. The van der Waals surface area contributed by atoms with E-state index in [1.54, 1.807) is 19.1 Å². The summed E-state index contributed by atoms with van der Waals surface area (Å²) in [6.07, 6.45) is -3.44. The van der Waals surface area contributed by atoms with Crippen LogP contribution >= 0.6 is 23.2 Å². The summed E-state index contributed by atoms with van der Waals surface area (Å²) < 4.78 is 40.7. The van der Waals surface area contributed by atoms with Crippen LogP contribution in [0.4, 0.5) is 18.9 Å². The number of nitrogens with one attached hydrogen (secondary N) is 2. The van der Waals surface area contributed by atoms with E-state index in [0.29, 0.717) is 11.6 Å². The number of benzene rings is 1. The normalized spacial score (nSPS) is 11.3. The van der Waals surface area contributed by atoms with Gasteiger partial charge in [-0.05, 0) is 30.7 Å². The number of alkyl halides is 3. The van der Waals surface area contributed by atoms with Crippen molar-refractivity contribution in [2.24, 2.45) is 0 Å². The van der Waals surface area contributed by atoms with E-state index < -0.39 is 29.4 Å². The molecule has 0 aliphatic carbocycles. The van der Waals surface area contributed by atoms with Crippen molar-refractivity contribution in [1.29, 1.82) is 0 Å². The summed E-state index contributed by atoms with van der Waals surface area (Å²) >= 11 is 12.1. The van der Waals surface area contributed by atoms with Gasteiger partial charge in [0, 0.05) is 24.3 Å². The molecule has 31 heavy (non-hydrogen) atoms. The highest BCUT2D eigenvalue weighted by Crippen LogP contribution is 2.33. The first-order valence-corrected chi connectivity index (χ1v) is 9.40. The van der Waals surface area contributed by atoms with Gasteiger partial charge in [-0.2, -0.15) is 18.3 Å². The Bertz CT molecular complexity index is 1180. The van der Waals surface area contributed by atoms with E-state index in [1.807, 2.05) is 0 Å². The fourth-order valence-corrected chi connectivity index (χ4v) is 3.27. The summed E-state index contributed by atoms with van der Waals surface area (Å²) in [6, 6.07) is 6.34. The van der Waals surface area contributed by atoms with Gasteiger partial charge in [0.2, 0.25) is 0 Å². The Kier molecular flexibility index (Phi) is 6.23. The van der Waals surface area contributed by atoms with Crippen LogP contribution in [0.2, 0.25) is 10.0 Å². The molecule has 1 aromatic carbocycles. The number of halogens is 5. The highest BCUT2D eigenvalue weighted by atomic mass is 35.5. The van der Waals surface area contributed by atoms with Crippen molar-refractivity contribution in [2.45, 2.75) is 13.1 Å². The van der Waals surface area contributed by atoms with Gasteiger partial charge in [-0.3, -0.25) is 9.59 Å². The zero-order valence-electron chi connectivity index (χ0n) is 16.0. The molecule has 12 heteroatoms. The number of carbonyl (C=O) groups excluding carboxylic acids is 2. The molecule has 0 bridgehead atoms. The summed E-state index contributed by atoms with van der Waals surface area (Å²) in [6.45, 7) is 1.61. The molecule has 0 atom stereocenters. The molecular formula is C19H14Cl2F3N5O2. The fourth-order valence-electron chi connectivity index (χ4n) is 2.73. The Morgan fingerprint density at radius 2 is 1.84 bits per heavy atom. The number of hydrogen-bond donors (Lipinski definition) is 2. The molecule has 0 aliphatic rings. The third kappa shape index (κ3) is 4.64. The third-order valence-electron chi connectivity index (χ3n) is 4.18. The predicted molar refractivity (Wildman–Crippen MR) is 109 cm³/mol. The Morgan fingerprint density at radius 3 is 2.45 bits per heavy atom. The summed E-state index contributed by atoms with van der Waals surface area (Å²) in [5.74, 6) is -1.55. The highest BCUT2D eigenvalue weighted by Gasteiger charge is 2.36. The van der Waals surface area contributed by atoms with Crippen LogP contribution in [0.5, 0.6) is 0 Å². The number of anilines is 1. The van der Waals surface area contributed by atoms with Crippen molar-refractivity contribution in [2.75, 3.05) is 12.4 Å². The van der Waals surface area contributed by atoms with Gasteiger partial charge < -0.3 is 10.6 Å². The van der Waals surface area contributed by atoms with E-state index in [4.69, 9.17) is 23.2 Å². The monoisotopic (exact) mass is 471 g/mol. The van der Waals surface area contributed by atoms with Gasteiger partial charge in [-0.25, -0.2) is 9.67 Å². The van der Waals surface area contributed by atoms with Crippen molar-refractivity contribution in [3.8, 4) is 5.82 Å². The molecule has 0 spiro atoms. The van der Waals surface area contributed by atoms with Gasteiger partial charge >= 0.3 is 6.18 Å². The Balaban J connectivity index is 2.12. The largest absolute Gasteiger partial charge is 0.435 e. The molecule has 0 aliphatic heterocycles. The van der Waals surface area contributed by atoms with E-state index in [0.717, 1.165) is 4.68 Å². The Labute approximate surface area is 184 Å². The third-order valence-corrected chi connectivity index (χ3v) is 4.70. The second kappa shape index (κ2) is 8.56. The van der Waals surface area contributed by atoms with Crippen LogP contribution in [-0.4, -0.2) is 33.6 Å². The molecular weight excluding hydrogens is 458 g/mol. The topological polar surface area (TPSA) is 88.9 Å². The summed E-state index contributed by atoms with van der Waals surface area (Å²) in [5, 5.41) is 8.34. The molecule has 2 N–H and O–H groups in total. The number of carbonyl (C=O) groups is 2.